The topological polar surface area (TPSA) is 94.2 Å². The summed E-state index contributed by atoms with van der Waals surface area (Å²) in [5.74, 6) is -0.647. The monoisotopic (exact) mass is 404 g/mol. The Morgan fingerprint density at radius 2 is 1.69 bits per heavy atom. The summed E-state index contributed by atoms with van der Waals surface area (Å²) in [5.41, 5.74) is 0.990. The Balaban J connectivity index is 1.96. The van der Waals surface area contributed by atoms with Gasteiger partial charge in [-0.2, -0.15) is 0 Å². The molecule has 0 radical (unpaired) electrons. The van der Waals surface area contributed by atoms with Crippen molar-refractivity contribution in [2.24, 2.45) is 0 Å². The number of alkyl carbamates (subject to hydrolysis) is 1. The number of nitrogens with zero attached hydrogens (tertiary/aromatic N) is 1. The predicted molar refractivity (Wildman–Crippen MR) is 106 cm³/mol. The molecule has 1 aliphatic rings. The van der Waals surface area contributed by atoms with E-state index in [-0.39, 0.29) is 12.3 Å². The first-order valence-electron chi connectivity index (χ1n) is 9.45. The predicted octanol–water partition coefficient (Wildman–Crippen LogP) is 3.37. The lowest BCUT2D eigenvalue weighted by atomic mass is 10.0. The summed E-state index contributed by atoms with van der Waals surface area (Å²) in [5, 5.41) is 2.49. The molecule has 2 amide bonds. The van der Waals surface area contributed by atoms with Gasteiger partial charge in [0.05, 0.1) is 7.11 Å². The Bertz CT molecular complexity index is 757. The minimum atomic E-state index is -0.727. The minimum Gasteiger partial charge on any atom is -0.464 e. The summed E-state index contributed by atoms with van der Waals surface area (Å²) in [4.78, 5) is 38.1. The molecule has 1 fully saturated rings. The van der Waals surface area contributed by atoms with E-state index < -0.39 is 23.8 Å². The maximum Gasteiger partial charge on any atom is 0.412 e. The van der Waals surface area contributed by atoms with Gasteiger partial charge in [-0.05, 0) is 44.7 Å². The lowest BCUT2D eigenvalue weighted by Gasteiger charge is -2.29. The van der Waals surface area contributed by atoms with Crippen LogP contribution in [0.1, 0.15) is 39.2 Å². The van der Waals surface area contributed by atoms with E-state index in [0.29, 0.717) is 31.5 Å². The Kier molecular flexibility index (Phi) is 7.64. The Morgan fingerprint density at radius 1 is 1.07 bits per heavy atom. The first-order valence-corrected chi connectivity index (χ1v) is 9.45. The fraction of sp³-hybridized carbons (Fsp3) is 0.476. The molecular formula is C21H28N2O6. The first kappa shape index (κ1) is 22.3. The van der Waals surface area contributed by atoms with E-state index in [0.717, 1.165) is 5.56 Å². The van der Waals surface area contributed by atoms with Crippen LogP contribution in [-0.4, -0.2) is 48.9 Å². The molecule has 0 saturated carbocycles. The van der Waals surface area contributed by atoms with Crippen LogP contribution in [0.5, 0.6) is 0 Å². The van der Waals surface area contributed by atoms with Gasteiger partial charge < -0.3 is 19.1 Å². The molecule has 0 aliphatic carbocycles. The summed E-state index contributed by atoms with van der Waals surface area (Å²) in [7, 11) is 1.25. The maximum atomic E-state index is 12.3. The Labute approximate surface area is 170 Å². The van der Waals surface area contributed by atoms with E-state index in [2.05, 4.69) is 5.32 Å². The van der Waals surface area contributed by atoms with Crippen LogP contribution in [0, 0.1) is 0 Å². The van der Waals surface area contributed by atoms with Gasteiger partial charge in [-0.15, -0.1) is 0 Å². The fourth-order valence-electron chi connectivity index (χ4n) is 2.81. The van der Waals surface area contributed by atoms with E-state index in [9.17, 15) is 14.4 Å². The number of ether oxygens (including phenoxy) is 3. The number of amides is 2. The number of piperidine rings is 1. The third-order valence-corrected chi connectivity index (χ3v) is 4.20. The lowest BCUT2D eigenvalue weighted by molar-refractivity contribution is -0.136. The minimum absolute atomic E-state index is 0.0686. The fourth-order valence-corrected chi connectivity index (χ4v) is 2.81. The van der Waals surface area contributed by atoms with Crippen molar-refractivity contribution in [3.05, 3.63) is 47.2 Å². The van der Waals surface area contributed by atoms with E-state index in [1.54, 1.807) is 25.7 Å². The van der Waals surface area contributed by atoms with Crippen LogP contribution < -0.4 is 5.32 Å². The van der Waals surface area contributed by atoms with Crippen molar-refractivity contribution >= 4 is 18.2 Å². The van der Waals surface area contributed by atoms with E-state index in [4.69, 9.17) is 14.2 Å². The molecule has 8 nitrogen and oxygen atoms in total. The highest BCUT2D eigenvalue weighted by molar-refractivity contribution is 5.93. The molecule has 0 spiro atoms. The van der Waals surface area contributed by atoms with Gasteiger partial charge in [0.15, 0.2) is 0 Å². The number of carbonyl (C=O) groups excluding carboxylic acids is 3. The van der Waals surface area contributed by atoms with Crippen LogP contribution >= 0.6 is 0 Å². The first-order chi connectivity index (χ1) is 13.7. The molecule has 0 bridgehead atoms. The number of nitrogens with one attached hydrogen (secondary N) is 1. The zero-order valence-electron chi connectivity index (χ0n) is 17.3. The molecule has 0 atom stereocenters. The molecule has 8 heteroatoms. The summed E-state index contributed by atoms with van der Waals surface area (Å²) in [6, 6.07) is 9.43. The second kappa shape index (κ2) is 9.95. The molecular weight excluding hydrogens is 376 g/mol. The number of hydrogen-bond acceptors (Lipinski definition) is 6. The van der Waals surface area contributed by atoms with E-state index in [1.807, 2.05) is 30.3 Å². The molecule has 1 saturated heterocycles. The van der Waals surface area contributed by atoms with Crippen molar-refractivity contribution in [3.63, 3.8) is 0 Å². The van der Waals surface area contributed by atoms with Crippen LogP contribution in [0.3, 0.4) is 0 Å². The molecule has 2 rings (SSSR count). The van der Waals surface area contributed by atoms with Gasteiger partial charge in [0, 0.05) is 13.1 Å². The summed E-state index contributed by atoms with van der Waals surface area (Å²) < 4.78 is 15.3. The Morgan fingerprint density at radius 3 is 2.24 bits per heavy atom. The molecule has 1 heterocycles. The number of methoxy groups -OCH3 is 1. The van der Waals surface area contributed by atoms with Crippen molar-refractivity contribution in [2.45, 2.75) is 45.8 Å². The number of benzene rings is 1. The summed E-state index contributed by atoms with van der Waals surface area (Å²) in [6.07, 6.45) is -0.302. The van der Waals surface area contributed by atoms with Gasteiger partial charge in [0.1, 0.15) is 17.9 Å². The summed E-state index contributed by atoms with van der Waals surface area (Å²) in [6.45, 7) is 6.15. The van der Waals surface area contributed by atoms with Gasteiger partial charge in [-0.1, -0.05) is 30.3 Å². The van der Waals surface area contributed by atoms with Crippen molar-refractivity contribution in [1.82, 2.24) is 10.2 Å². The highest BCUT2D eigenvalue weighted by Crippen LogP contribution is 2.21. The van der Waals surface area contributed by atoms with Gasteiger partial charge >= 0.3 is 18.2 Å². The highest BCUT2D eigenvalue weighted by atomic mass is 16.6. The van der Waals surface area contributed by atoms with Gasteiger partial charge in [-0.25, -0.2) is 14.4 Å². The van der Waals surface area contributed by atoms with Crippen molar-refractivity contribution < 1.29 is 28.6 Å². The van der Waals surface area contributed by atoms with E-state index >= 15 is 0 Å². The van der Waals surface area contributed by atoms with Crippen LogP contribution in [-0.2, 0) is 25.6 Å². The van der Waals surface area contributed by atoms with Gasteiger partial charge in [0.25, 0.3) is 0 Å². The second-order valence-electron chi connectivity index (χ2n) is 7.62. The number of esters is 1. The van der Waals surface area contributed by atoms with Crippen LogP contribution in [0.2, 0.25) is 0 Å². The average Bonchev–Trinajstić information content (AvgIpc) is 2.69. The standard InChI is InChI=1S/C21H28N2O6/c1-21(2,3)29-19(25)22-17(18(24)27-4)16-10-12-23(13-11-16)20(26)28-14-15-8-6-5-7-9-15/h5-9H,10-14H2,1-4H3,(H,22,25). The number of rotatable bonds is 4. The SMILES string of the molecule is COC(=O)C(NC(=O)OC(C)(C)C)=C1CCN(C(=O)OCc2ccccc2)CC1. The average molecular weight is 404 g/mol. The van der Waals surface area contributed by atoms with Crippen molar-refractivity contribution in [3.8, 4) is 0 Å². The number of likely N-dealkylation sites (tertiary alicyclic amines) is 1. The molecule has 1 aliphatic heterocycles. The largest absolute Gasteiger partial charge is 0.464 e. The third-order valence-electron chi connectivity index (χ3n) is 4.20. The molecule has 158 valence electrons. The van der Waals surface area contributed by atoms with Crippen molar-refractivity contribution in [2.75, 3.05) is 20.2 Å². The van der Waals surface area contributed by atoms with Gasteiger partial charge in [-0.3, -0.25) is 5.32 Å². The molecule has 0 aromatic heterocycles. The smallest absolute Gasteiger partial charge is 0.412 e. The lowest BCUT2D eigenvalue weighted by Crippen LogP contribution is -2.39. The zero-order chi connectivity index (χ0) is 21.4. The third kappa shape index (κ3) is 7.14. The van der Waals surface area contributed by atoms with Crippen LogP contribution in [0.15, 0.2) is 41.6 Å². The molecule has 1 aromatic rings. The molecule has 29 heavy (non-hydrogen) atoms. The molecule has 1 aromatic carbocycles. The number of hydrogen-bond donors (Lipinski definition) is 1. The highest BCUT2D eigenvalue weighted by Gasteiger charge is 2.27. The second-order valence-corrected chi connectivity index (χ2v) is 7.62. The van der Waals surface area contributed by atoms with Crippen LogP contribution in [0.25, 0.3) is 0 Å². The molecule has 1 N–H and O–H groups in total. The molecule has 0 unspecified atom stereocenters. The Hall–Kier alpha value is -3.03. The van der Waals surface area contributed by atoms with Crippen LogP contribution in [0.4, 0.5) is 9.59 Å². The quantitative estimate of drug-likeness (QED) is 0.470. The zero-order valence-corrected chi connectivity index (χ0v) is 17.3. The maximum absolute atomic E-state index is 12.3. The van der Waals surface area contributed by atoms with E-state index in [1.165, 1.54) is 7.11 Å². The number of carbonyl (C=O) groups is 3. The van der Waals surface area contributed by atoms with Gasteiger partial charge in [0.2, 0.25) is 0 Å². The van der Waals surface area contributed by atoms with Crippen molar-refractivity contribution in [1.29, 1.82) is 0 Å². The normalized spacial score (nSPS) is 14.1. The summed E-state index contributed by atoms with van der Waals surface area (Å²) >= 11 is 0.